The van der Waals surface area contributed by atoms with Gasteiger partial charge in [-0.1, -0.05) is 61.2 Å². The number of aromatic nitrogens is 2. The number of aliphatic hydroxyl groups is 4. The molecule has 12 rings (SSSR count). The molecule has 1 unspecified atom stereocenters. The number of nitrogens with zero attached hydrogens (tertiary/aromatic N) is 3. The Morgan fingerprint density at radius 3 is 2.26 bits per heavy atom. The first-order valence-electron chi connectivity index (χ1n) is 31.5. The lowest BCUT2D eigenvalue weighted by molar-refractivity contribution is -0.271. The number of carbonyl (C=O) groups excluding carboxylic acids is 8. The molecule has 98 heavy (non-hydrogen) atoms. The molecule has 6 aliphatic rings. The van der Waals surface area contributed by atoms with Crippen LogP contribution in [0.4, 0.5) is 5.69 Å². The minimum absolute atomic E-state index is 0.0109. The minimum Gasteiger partial charge on any atom is -0.479 e. The van der Waals surface area contributed by atoms with Crippen molar-refractivity contribution in [3.63, 3.8) is 0 Å². The van der Waals surface area contributed by atoms with Crippen molar-refractivity contribution in [1.29, 1.82) is 0 Å². The van der Waals surface area contributed by atoms with E-state index >= 15 is 0 Å². The largest absolute Gasteiger partial charge is 0.479 e. The van der Waals surface area contributed by atoms with Gasteiger partial charge in [-0.25, -0.2) is 14.6 Å². The quantitative estimate of drug-likeness (QED) is 0.0231. The normalized spacial score (nSPS) is 21.0. The van der Waals surface area contributed by atoms with Gasteiger partial charge < -0.3 is 95.3 Å². The van der Waals surface area contributed by atoms with Gasteiger partial charge in [0.05, 0.1) is 66.9 Å². The molecule has 30 heteroatoms. The highest BCUT2D eigenvalue weighted by molar-refractivity contribution is 5.99. The standard InChI is InChI=1S/C68H67N9O21/c1-3-68(92)42-23-47-56-40(29-77(47)64(88)41(42)30-93-67(68)91)55-43(19-18-39-54(55)44(74-56)24-48-60(39)96-32-95-48)75-62(86)33(2)94-31-72-51(80)26-71-63(87)45(22-34-12-16-38(17-13-34)97-66-59(85)57(83)58(84)61(98-66)65(89)90)73-52(81)27-70-50(79)25-69-49(78)20-21-53(82)76-28-37-10-5-4-8-35(37)14-15-36-9-6-7-11-46(36)76/h4-13,16-17,23-24,33,43,45,57-59,61,66,83-85,92H,3,18-22,25-32H2,1-2H3,(H,69,78)(H,70,79)(H,71,87)(H,72,80)(H,73,81)(H,75,86)(H,89,90)/t33-,43+,45?,57+,58+,59-,61+,66-,68+/m1/s1. The number of ether oxygens (including phenoxy) is 6. The zero-order valence-corrected chi connectivity index (χ0v) is 52.7. The summed E-state index contributed by atoms with van der Waals surface area (Å²) in [5.41, 5.74) is 4.27. The van der Waals surface area contributed by atoms with E-state index in [0.29, 0.717) is 74.6 Å². The maximum atomic E-state index is 14.2. The molecule has 5 aliphatic heterocycles. The van der Waals surface area contributed by atoms with E-state index in [2.05, 4.69) is 43.7 Å². The monoisotopic (exact) mass is 1350 g/mol. The van der Waals surface area contributed by atoms with Gasteiger partial charge in [0.15, 0.2) is 23.2 Å². The third-order valence-electron chi connectivity index (χ3n) is 17.9. The van der Waals surface area contributed by atoms with Crippen molar-refractivity contribution in [2.45, 2.75) is 127 Å². The van der Waals surface area contributed by atoms with Gasteiger partial charge in [-0.05, 0) is 79.3 Å². The number of carboxylic acids is 1. The van der Waals surface area contributed by atoms with Crippen LogP contribution in [0.2, 0.25) is 0 Å². The summed E-state index contributed by atoms with van der Waals surface area (Å²) < 4.78 is 35.0. The number of hydrogen-bond acceptors (Lipinski definition) is 21. The molecular formula is C68H67N9O21. The summed E-state index contributed by atoms with van der Waals surface area (Å²) >= 11 is 0. The number of aliphatic carboxylic acids is 1. The number of hydrogen-bond donors (Lipinski definition) is 11. The van der Waals surface area contributed by atoms with E-state index in [1.54, 1.807) is 48.2 Å². The number of para-hydroxylation sites is 1. The topological polar surface area (TPSA) is 420 Å². The number of fused-ring (bicyclic) bond motifs is 9. The van der Waals surface area contributed by atoms with Crippen LogP contribution in [0, 0.1) is 11.8 Å². The molecule has 7 amide bonds. The molecule has 1 saturated heterocycles. The van der Waals surface area contributed by atoms with E-state index < -0.39 is 134 Å². The highest BCUT2D eigenvalue weighted by atomic mass is 16.7. The van der Waals surface area contributed by atoms with Gasteiger partial charge in [0.2, 0.25) is 54.4 Å². The van der Waals surface area contributed by atoms with Crippen molar-refractivity contribution in [3.8, 4) is 40.5 Å². The van der Waals surface area contributed by atoms with Crippen molar-refractivity contribution in [2.75, 3.05) is 38.1 Å². The summed E-state index contributed by atoms with van der Waals surface area (Å²) in [6.45, 7) is 0.527. The third-order valence-corrected chi connectivity index (χ3v) is 17.9. The highest BCUT2D eigenvalue weighted by Gasteiger charge is 2.49. The van der Waals surface area contributed by atoms with E-state index in [1.165, 1.54) is 35.8 Å². The Bertz CT molecular complexity index is 4400. The van der Waals surface area contributed by atoms with Crippen LogP contribution < -0.4 is 56.6 Å². The number of aryl methyl sites for hydroxylation is 1. The highest BCUT2D eigenvalue weighted by Crippen LogP contribution is 2.50. The Labute approximate surface area is 556 Å². The number of rotatable bonds is 22. The molecule has 2 aromatic heterocycles. The van der Waals surface area contributed by atoms with Crippen LogP contribution in [-0.2, 0) is 95.5 Å². The molecule has 1 aliphatic carbocycles. The first kappa shape index (κ1) is 67.2. The molecule has 7 heterocycles. The molecule has 30 nitrogen and oxygen atoms in total. The number of nitrogens with one attached hydrogen (secondary N) is 6. The van der Waals surface area contributed by atoms with Crippen molar-refractivity contribution in [1.82, 2.24) is 41.5 Å². The Kier molecular flexibility index (Phi) is 19.3. The number of carbonyl (C=O) groups is 9. The minimum atomic E-state index is -2.07. The summed E-state index contributed by atoms with van der Waals surface area (Å²) in [6, 6.07) is 21.3. The number of benzene rings is 4. The average Bonchev–Trinajstić information content (AvgIpc) is 1.49. The first-order chi connectivity index (χ1) is 47.1. The predicted octanol–water partition coefficient (Wildman–Crippen LogP) is -0.535. The first-order valence-corrected chi connectivity index (χ1v) is 31.5. The van der Waals surface area contributed by atoms with Crippen molar-refractivity contribution in [2.24, 2.45) is 0 Å². The number of aliphatic hydroxyl groups excluding tert-OH is 3. The summed E-state index contributed by atoms with van der Waals surface area (Å²) in [6.07, 6.45) is -10.6. The zero-order valence-electron chi connectivity index (χ0n) is 52.7. The third kappa shape index (κ3) is 13.5. The molecular weight excluding hydrogens is 1280 g/mol. The van der Waals surface area contributed by atoms with Gasteiger partial charge in [-0.3, -0.25) is 38.4 Å². The van der Waals surface area contributed by atoms with Crippen LogP contribution in [0.15, 0.2) is 89.7 Å². The number of amides is 7. The summed E-state index contributed by atoms with van der Waals surface area (Å²) in [4.78, 5) is 140. The van der Waals surface area contributed by atoms with Crippen molar-refractivity contribution in [3.05, 3.63) is 145 Å². The number of anilines is 1. The molecule has 0 saturated carbocycles. The molecule has 510 valence electrons. The average molecular weight is 1350 g/mol. The summed E-state index contributed by atoms with van der Waals surface area (Å²) in [7, 11) is 0. The van der Waals surface area contributed by atoms with Gasteiger partial charge in [-0.15, -0.1) is 0 Å². The Hall–Kier alpha value is -10.8. The molecule has 0 spiro atoms. The van der Waals surface area contributed by atoms with E-state index in [9.17, 15) is 73.5 Å². The number of pyridine rings is 2. The van der Waals surface area contributed by atoms with Crippen LogP contribution >= 0.6 is 0 Å². The number of esters is 1. The van der Waals surface area contributed by atoms with Gasteiger partial charge in [0.1, 0.15) is 49.5 Å². The van der Waals surface area contributed by atoms with Crippen LogP contribution in [0.1, 0.15) is 95.6 Å². The van der Waals surface area contributed by atoms with Gasteiger partial charge in [0.25, 0.3) is 5.56 Å². The molecule has 11 N–H and O–H groups in total. The maximum absolute atomic E-state index is 14.2. The lowest BCUT2D eigenvalue weighted by atomic mass is 9.82. The zero-order chi connectivity index (χ0) is 69.3. The number of carboxylic acid groups (broad SMARTS) is 1. The molecule has 9 atom stereocenters. The molecule has 0 bridgehead atoms. The Morgan fingerprint density at radius 1 is 0.765 bits per heavy atom. The smallest absolute Gasteiger partial charge is 0.343 e. The van der Waals surface area contributed by atoms with E-state index in [1.807, 2.05) is 24.3 Å². The fourth-order valence-electron chi connectivity index (χ4n) is 12.6. The fourth-order valence-corrected chi connectivity index (χ4v) is 12.6. The van der Waals surface area contributed by atoms with Gasteiger partial charge >= 0.3 is 11.9 Å². The lowest BCUT2D eigenvalue weighted by Gasteiger charge is -2.38. The van der Waals surface area contributed by atoms with E-state index in [0.717, 1.165) is 16.7 Å². The molecule has 6 aromatic rings. The predicted molar refractivity (Wildman–Crippen MR) is 339 cm³/mol. The SMILES string of the molecule is CC[C@@]1(O)C(=O)OCc2c1cc1n(c2=O)Cc2c-1nc1cc3c(c4c1c2[C@@H](NC(=O)[C@@H](C)OCNC(=O)CNC(=O)C(Cc1ccc(O[C@@H]2O[C@H](C(=O)O)[C@@H](O)[C@H](O)[C@H]2O)cc1)NC(=O)CNC(=O)CNC(=O)CCC(=O)N1Cc2ccccc2C#Cc2ccccc21)CC4)OCO3. The second-order valence-corrected chi connectivity index (χ2v) is 24.1. The van der Waals surface area contributed by atoms with Crippen molar-refractivity contribution < 1.29 is 97.1 Å². The molecule has 0 radical (unpaired) electrons. The summed E-state index contributed by atoms with van der Waals surface area (Å²) in [5.74, 6) is -0.109. The van der Waals surface area contributed by atoms with E-state index in [-0.39, 0.29) is 75.0 Å². The van der Waals surface area contributed by atoms with Crippen LogP contribution in [-0.4, -0.2) is 164 Å². The Balaban J connectivity index is 0.659. The lowest BCUT2D eigenvalue weighted by Crippen LogP contribution is -2.61. The van der Waals surface area contributed by atoms with Crippen LogP contribution in [0.3, 0.4) is 0 Å². The van der Waals surface area contributed by atoms with Crippen molar-refractivity contribution >= 4 is 69.9 Å². The van der Waals surface area contributed by atoms with Gasteiger partial charge in [-0.2, -0.15) is 0 Å². The molecule has 4 aromatic carbocycles. The molecule has 1 fully saturated rings. The second kappa shape index (κ2) is 28.1. The van der Waals surface area contributed by atoms with Gasteiger partial charge in [0, 0.05) is 58.5 Å². The maximum Gasteiger partial charge on any atom is 0.343 e. The second-order valence-electron chi connectivity index (χ2n) is 24.1. The number of cyclic esters (lactones) is 1. The fraction of sp³-hybridized carbons (Fsp3) is 0.368. The van der Waals surface area contributed by atoms with Crippen LogP contribution in [0.25, 0.3) is 22.3 Å². The van der Waals surface area contributed by atoms with E-state index in [4.69, 9.17) is 33.4 Å². The Morgan fingerprint density at radius 2 is 1.48 bits per heavy atom. The van der Waals surface area contributed by atoms with Crippen LogP contribution in [0.5, 0.6) is 17.2 Å². The summed E-state index contributed by atoms with van der Waals surface area (Å²) in [5, 5.41) is 67.9.